The molecule has 0 spiro atoms. The second-order valence-electron chi connectivity index (χ2n) is 4.42. The standard InChI is InChI=1S/C16H14FN3S/c1-2-21-16-19-18-15(12-8-10-13(17)11-9-12)20(16)14-6-4-3-5-7-14/h3-11H,2H2,1H3. The molecule has 0 atom stereocenters. The van der Waals surface area contributed by atoms with Gasteiger partial charge >= 0.3 is 0 Å². The van der Waals surface area contributed by atoms with Gasteiger partial charge in [-0.1, -0.05) is 36.9 Å². The van der Waals surface area contributed by atoms with E-state index < -0.39 is 0 Å². The third-order valence-corrected chi connectivity index (χ3v) is 3.83. The van der Waals surface area contributed by atoms with E-state index in [1.807, 2.05) is 34.9 Å². The molecule has 0 aliphatic heterocycles. The number of rotatable bonds is 4. The van der Waals surface area contributed by atoms with Gasteiger partial charge in [-0.05, 0) is 42.2 Å². The van der Waals surface area contributed by atoms with Crippen molar-refractivity contribution in [3.8, 4) is 17.1 Å². The molecule has 0 aliphatic rings. The molecule has 3 nitrogen and oxygen atoms in total. The maximum Gasteiger partial charge on any atom is 0.196 e. The van der Waals surface area contributed by atoms with Crippen molar-refractivity contribution in [1.29, 1.82) is 0 Å². The lowest BCUT2D eigenvalue weighted by atomic mass is 10.2. The highest BCUT2D eigenvalue weighted by atomic mass is 32.2. The molecule has 0 saturated carbocycles. The van der Waals surface area contributed by atoms with Gasteiger partial charge in [-0.25, -0.2) is 4.39 Å². The van der Waals surface area contributed by atoms with Gasteiger partial charge in [-0.3, -0.25) is 4.57 Å². The minimum Gasteiger partial charge on any atom is -0.270 e. The maximum atomic E-state index is 13.1. The first-order valence-electron chi connectivity index (χ1n) is 6.69. The molecule has 0 fully saturated rings. The molecule has 0 aliphatic carbocycles. The molecule has 0 saturated heterocycles. The van der Waals surface area contributed by atoms with Crippen LogP contribution in [0.5, 0.6) is 0 Å². The molecule has 2 aromatic carbocycles. The fraction of sp³-hybridized carbons (Fsp3) is 0.125. The van der Waals surface area contributed by atoms with Crippen LogP contribution in [0.15, 0.2) is 59.8 Å². The minimum absolute atomic E-state index is 0.257. The summed E-state index contributed by atoms with van der Waals surface area (Å²) in [5.41, 5.74) is 1.84. The Bertz CT molecular complexity index is 723. The fourth-order valence-corrected chi connectivity index (χ4v) is 2.77. The lowest BCUT2D eigenvalue weighted by Crippen LogP contribution is -1.99. The van der Waals surface area contributed by atoms with Gasteiger partial charge < -0.3 is 0 Å². The normalized spacial score (nSPS) is 10.8. The van der Waals surface area contributed by atoms with Gasteiger partial charge in [-0.15, -0.1) is 10.2 Å². The van der Waals surface area contributed by atoms with E-state index in [0.717, 1.165) is 28.0 Å². The number of hydrogen-bond acceptors (Lipinski definition) is 3. The second-order valence-corrected chi connectivity index (χ2v) is 5.65. The predicted molar refractivity (Wildman–Crippen MR) is 83.2 cm³/mol. The fourth-order valence-electron chi connectivity index (χ4n) is 2.09. The van der Waals surface area contributed by atoms with Crippen LogP contribution in [0.2, 0.25) is 0 Å². The molecule has 21 heavy (non-hydrogen) atoms. The second kappa shape index (κ2) is 6.10. The summed E-state index contributed by atoms with van der Waals surface area (Å²) in [6, 6.07) is 16.3. The van der Waals surface area contributed by atoms with Crippen molar-refractivity contribution in [3.63, 3.8) is 0 Å². The van der Waals surface area contributed by atoms with Gasteiger partial charge in [0.25, 0.3) is 0 Å². The SMILES string of the molecule is CCSc1nnc(-c2ccc(F)cc2)n1-c1ccccc1. The zero-order chi connectivity index (χ0) is 14.7. The zero-order valence-electron chi connectivity index (χ0n) is 11.5. The van der Waals surface area contributed by atoms with E-state index in [9.17, 15) is 4.39 Å². The summed E-state index contributed by atoms with van der Waals surface area (Å²) in [6.07, 6.45) is 0. The van der Waals surface area contributed by atoms with E-state index in [0.29, 0.717) is 0 Å². The van der Waals surface area contributed by atoms with Crippen molar-refractivity contribution in [2.24, 2.45) is 0 Å². The Morgan fingerprint density at radius 1 is 1.00 bits per heavy atom. The van der Waals surface area contributed by atoms with E-state index in [2.05, 4.69) is 17.1 Å². The van der Waals surface area contributed by atoms with Gasteiger partial charge in [0.2, 0.25) is 0 Å². The molecule has 1 heterocycles. The Hall–Kier alpha value is -2.14. The van der Waals surface area contributed by atoms with Gasteiger partial charge in [-0.2, -0.15) is 0 Å². The number of benzene rings is 2. The first kappa shape index (κ1) is 13.8. The van der Waals surface area contributed by atoms with Crippen molar-refractivity contribution in [2.45, 2.75) is 12.1 Å². The molecule has 1 aromatic heterocycles. The van der Waals surface area contributed by atoms with Crippen LogP contribution in [0.25, 0.3) is 17.1 Å². The third-order valence-electron chi connectivity index (χ3n) is 3.02. The van der Waals surface area contributed by atoms with Crippen LogP contribution in [-0.4, -0.2) is 20.5 Å². The van der Waals surface area contributed by atoms with E-state index in [-0.39, 0.29) is 5.82 Å². The average Bonchev–Trinajstić information content (AvgIpc) is 2.93. The number of hydrogen-bond donors (Lipinski definition) is 0. The van der Waals surface area contributed by atoms with Crippen LogP contribution in [0.1, 0.15) is 6.92 Å². The first-order valence-corrected chi connectivity index (χ1v) is 7.67. The number of thioether (sulfide) groups is 1. The maximum absolute atomic E-state index is 13.1. The summed E-state index contributed by atoms with van der Waals surface area (Å²) in [6.45, 7) is 2.08. The molecule has 0 amide bonds. The highest BCUT2D eigenvalue weighted by molar-refractivity contribution is 7.99. The summed E-state index contributed by atoms with van der Waals surface area (Å²) < 4.78 is 15.1. The molecule has 5 heteroatoms. The molecule has 3 aromatic rings. The summed E-state index contributed by atoms with van der Waals surface area (Å²) in [5, 5.41) is 9.38. The van der Waals surface area contributed by atoms with Crippen LogP contribution in [-0.2, 0) is 0 Å². The number of aromatic nitrogens is 3. The van der Waals surface area contributed by atoms with Crippen molar-refractivity contribution >= 4 is 11.8 Å². The van der Waals surface area contributed by atoms with Gasteiger partial charge in [0, 0.05) is 11.3 Å². The van der Waals surface area contributed by atoms with Crippen molar-refractivity contribution in [3.05, 3.63) is 60.4 Å². The Balaban J connectivity index is 2.15. The molecule has 0 radical (unpaired) electrons. The van der Waals surface area contributed by atoms with Gasteiger partial charge in [0.1, 0.15) is 5.82 Å². The first-order chi connectivity index (χ1) is 10.3. The Kier molecular flexibility index (Phi) is 4.01. The van der Waals surface area contributed by atoms with Crippen molar-refractivity contribution in [1.82, 2.24) is 14.8 Å². The van der Waals surface area contributed by atoms with Gasteiger partial charge in [0.05, 0.1) is 0 Å². The van der Waals surface area contributed by atoms with E-state index in [4.69, 9.17) is 0 Å². The quantitative estimate of drug-likeness (QED) is 0.677. The van der Waals surface area contributed by atoms with Crippen LogP contribution in [0, 0.1) is 5.82 Å². The zero-order valence-corrected chi connectivity index (χ0v) is 12.3. The van der Waals surface area contributed by atoms with E-state index >= 15 is 0 Å². The Labute approximate surface area is 126 Å². The average molecular weight is 299 g/mol. The molecule has 106 valence electrons. The number of para-hydroxylation sites is 1. The smallest absolute Gasteiger partial charge is 0.196 e. The summed E-state index contributed by atoms with van der Waals surface area (Å²) >= 11 is 1.63. The number of halogens is 1. The van der Waals surface area contributed by atoms with Crippen LogP contribution < -0.4 is 0 Å². The molecule has 0 N–H and O–H groups in total. The summed E-state index contributed by atoms with van der Waals surface area (Å²) in [5.74, 6) is 1.37. The van der Waals surface area contributed by atoms with E-state index in [1.54, 1.807) is 23.9 Å². The third kappa shape index (κ3) is 2.83. The minimum atomic E-state index is -0.257. The van der Waals surface area contributed by atoms with Crippen molar-refractivity contribution < 1.29 is 4.39 Å². The summed E-state index contributed by atoms with van der Waals surface area (Å²) in [4.78, 5) is 0. The summed E-state index contributed by atoms with van der Waals surface area (Å²) in [7, 11) is 0. The number of nitrogens with zero attached hydrogens (tertiary/aromatic N) is 3. The van der Waals surface area contributed by atoms with Crippen LogP contribution in [0.3, 0.4) is 0 Å². The topological polar surface area (TPSA) is 30.7 Å². The largest absolute Gasteiger partial charge is 0.270 e. The highest BCUT2D eigenvalue weighted by Crippen LogP contribution is 2.27. The Morgan fingerprint density at radius 3 is 2.38 bits per heavy atom. The molecule has 0 bridgehead atoms. The molecular weight excluding hydrogens is 285 g/mol. The van der Waals surface area contributed by atoms with E-state index in [1.165, 1.54) is 12.1 Å². The lowest BCUT2D eigenvalue weighted by molar-refractivity contribution is 0.628. The predicted octanol–water partition coefficient (Wildman–Crippen LogP) is 4.19. The molecule has 3 rings (SSSR count). The highest BCUT2D eigenvalue weighted by Gasteiger charge is 2.15. The van der Waals surface area contributed by atoms with Crippen molar-refractivity contribution in [2.75, 3.05) is 5.75 Å². The monoisotopic (exact) mass is 299 g/mol. The van der Waals surface area contributed by atoms with Gasteiger partial charge in [0.15, 0.2) is 11.0 Å². The lowest BCUT2D eigenvalue weighted by Gasteiger charge is -2.09. The molecule has 0 unspecified atom stereocenters. The molecular formula is C16H14FN3S. The van der Waals surface area contributed by atoms with Crippen LogP contribution in [0.4, 0.5) is 4.39 Å². The van der Waals surface area contributed by atoms with Crippen LogP contribution >= 0.6 is 11.8 Å². The Morgan fingerprint density at radius 2 is 1.71 bits per heavy atom.